The van der Waals surface area contributed by atoms with E-state index in [0.29, 0.717) is 24.5 Å². The van der Waals surface area contributed by atoms with Crippen molar-refractivity contribution in [3.05, 3.63) is 29.6 Å². The minimum atomic E-state index is -0.655. The van der Waals surface area contributed by atoms with Crippen LogP contribution in [-0.4, -0.2) is 13.2 Å². The number of hydrogen-bond donors (Lipinski definition) is 2. The molecule has 1 aromatic carbocycles. The third kappa shape index (κ3) is 1.28. The number of ether oxygens (including phenoxy) is 1. The number of nitrogen functional groups attached to an aromatic ring is 1. The maximum absolute atomic E-state index is 13.4. The van der Waals surface area contributed by atoms with Crippen molar-refractivity contribution < 1.29 is 9.13 Å². The molecular formula is C9H11FN2O. The molecule has 70 valence electrons. The van der Waals surface area contributed by atoms with Crippen molar-refractivity contribution in [2.45, 2.75) is 5.54 Å². The molecule has 1 aromatic rings. The minimum Gasteiger partial charge on any atom is -0.399 e. The zero-order valence-electron chi connectivity index (χ0n) is 7.09. The maximum atomic E-state index is 13.4. The fraction of sp³-hybridized carbons (Fsp3) is 0.333. The lowest BCUT2D eigenvalue weighted by Crippen LogP contribution is -2.54. The van der Waals surface area contributed by atoms with E-state index in [1.165, 1.54) is 6.07 Å². The number of rotatable bonds is 1. The highest BCUT2D eigenvalue weighted by Crippen LogP contribution is 2.29. The Morgan fingerprint density at radius 1 is 1.38 bits per heavy atom. The molecule has 4 N–H and O–H groups in total. The van der Waals surface area contributed by atoms with E-state index in [0.717, 1.165) is 0 Å². The lowest BCUT2D eigenvalue weighted by molar-refractivity contribution is -0.0584. The smallest absolute Gasteiger partial charge is 0.130 e. The number of benzene rings is 1. The van der Waals surface area contributed by atoms with E-state index in [1.807, 2.05) is 0 Å². The fourth-order valence-electron chi connectivity index (χ4n) is 1.41. The highest BCUT2D eigenvalue weighted by molar-refractivity contribution is 5.43. The van der Waals surface area contributed by atoms with Crippen molar-refractivity contribution in [2.75, 3.05) is 18.9 Å². The number of hydrogen-bond acceptors (Lipinski definition) is 3. The Morgan fingerprint density at radius 3 is 2.54 bits per heavy atom. The van der Waals surface area contributed by atoms with Gasteiger partial charge in [0.05, 0.1) is 18.8 Å². The van der Waals surface area contributed by atoms with Crippen LogP contribution in [0, 0.1) is 5.82 Å². The summed E-state index contributed by atoms with van der Waals surface area (Å²) < 4.78 is 18.3. The Kier molecular flexibility index (Phi) is 1.75. The van der Waals surface area contributed by atoms with E-state index in [-0.39, 0.29) is 5.82 Å². The molecule has 1 saturated heterocycles. The van der Waals surface area contributed by atoms with Crippen molar-refractivity contribution in [3.63, 3.8) is 0 Å². The molecule has 0 saturated carbocycles. The van der Waals surface area contributed by atoms with Crippen LogP contribution in [0.15, 0.2) is 18.2 Å². The first kappa shape index (κ1) is 8.47. The van der Waals surface area contributed by atoms with Gasteiger partial charge in [0.2, 0.25) is 0 Å². The summed E-state index contributed by atoms with van der Waals surface area (Å²) in [5.41, 5.74) is 11.5. The number of nitrogens with two attached hydrogens (primary N) is 2. The molecule has 0 spiro atoms. The molecule has 0 unspecified atom stereocenters. The SMILES string of the molecule is Nc1ccc(C2(N)COC2)c(F)c1. The van der Waals surface area contributed by atoms with Crippen LogP contribution >= 0.6 is 0 Å². The van der Waals surface area contributed by atoms with E-state index < -0.39 is 5.54 Å². The molecule has 0 aromatic heterocycles. The highest BCUT2D eigenvalue weighted by atomic mass is 19.1. The molecule has 1 fully saturated rings. The van der Waals surface area contributed by atoms with Gasteiger partial charge >= 0.3 is 0 Å². The van der Waals surface area contributed by atoms with Gasteiger partial charge in [0.1, 0.15) is 5.82 Å². The predicted molar refractivity (Wildman–Crippen MR) is 47.5 cm³/mol. The Morgan fingerprint density at radius 2 is 2.08 bits per heavy atom. The van der Waals surface area contributed by atoms with Crippen LogP contribution in [0.3, 0.4) is 0 Å². The molecule has 13 heavy (non-hydrogen) atoms. The average Bonchev–Trinajstić information content (AvgIpc) is 2.00. The van der Waals surface area contributed by atoms with Gasteiger partial charge in [-0.05, 0) is 12.1 Å². The zero-order chi connectivity index (χ0) is 9.47. The Bertz CT molecular complexity index is 336. The summed E-state index contributed by atoms with van der Waals surface area (Å²) in [5, 5.41) is 0. The maximum Gasteiger partial charge on any atom is 0.130 e. The Labute approximate surface area is 75.5 Å². The van der Waals surface area contributed by atoms with Gasteiger partial charge < -0.3 is 16.2 Å². The Hall–Kier alpha value is -1.13. The summed E-state index contributed by atoms with van der Waals surface area (Å²) in [5.74, 6) is -0.356. The van der Waals surface area contributed by atoms with Crippen LogP contribution in [0.1, 0.15) is 5.56 Å². The third-order valence-electron chi connectivity index (χ3n) is 2.25. The third-order valence-corrected chi connectivity index (χ3v) is 2.25. The normalized spacial score (nSPS) is 19.5. The quantitative estimate of drug-likeness (QED) is 0.625. The van der Waals surface area contributed by atoms with Crippen LogP contribution < -0.4 is 11.5 Å². The predicted octanol–water partition coefficient (Wildman–Crippen LogP) is 0.592. The van der Waals surface area contributed by atoms with Gasteiger partial charge in [-0.25, -0.2) is 4.39 Å². The van der Waals surface area contributed by atoms with Crippen LogP contribution in [0.2, 0.25) is 0 Å². The van der Waals surface area contributed by atoms with Gasteiger partial charge in [0.25, 0.3) is 0 Å². The lowest BCUT2D eigenvalue weighted by Gasteiger charge is -2.38. The molecule has 0 bridgehead atoms. The summed E-state index contributed by atoms with van der Waals surface area (Å²) >= 11 is 0. The molecule has 1 aliphatic heterocycles. The second-order valence-corrected chi connectivity index (χ2v) is 3.39. The molecule has 0 amide bonds. The Balaban J connectivity index is 2.40. The summed E-state index contributed by atoms with van der Waals surface area (Å²) in [6.07, 6.45) is 0. The van der Waals surface area contributed by atoms with Crippen LogP contribution in [0.25, 0.3) is 0 Å². The van der Waals surface area contributed by atoms with E-state index in [9.17, 15) is 4.39 Å². The first-order chi connectivity index (χ1) is 6.12. The van der Waals surface area contributed by atoms with E-state index in [2.05, 4.69) is 0 Å². The molecule has 1 heterocycles. The first-order valence-corrected chi connectivity index (χ1v) is 4.04. The molecule has 0 radical (unpaired) electrons. The van der Waals surface area contributed by atoms with Gasteiger partial charge in [-0.2, -0.15) is 0 Å². The van der Waals surface area contributed by atoms with Crippen molar-refractivity contribution in [1.29, 1.82) is 0 Å². The second-order valence-electron chi connectivity index (χ2n) is 3.39. The summed E-state index contributed by atoms with van der Waals surface area (Å²) in [6.45, 7) is 0.738. The molecular weight excluding hydrogens is 171 g/mol. The van der Waals surface area contributed by atoms with Gasteiger partial charge in [-0.3, -0.25) is 0 Å². The first-order valence-electron chi connectivity index (χ1n) is 4.04. The van der Waals surface area contributed by atoms with Crippen molar-refractivity contribution in [3.8, 4) is 0 Å². The largest absolute Gasteiger partial charge is 0.399 e. The van der Waals surface area contributed by atoms with Crippen LogP contribution in [0.5, 0.6) is 0 Å². The van der Waals surface area contributed by atoms with Crippen molar-refractivity contribution in [2.24, 2.45) is 5.73 Å². The van der Waals surface area contributed by atoms with Gasteiger partial charge in [0.15, 0.2) is 0 Å². The van der Waals surface area contributed by atoms with Crippen LogP contribution in [-0.2, 0) is 10.3 Å². The second kappa shape index (κ2) is 2.68. The molecule has 4 heteroatoms. The number of halogens is 1. The molecule has 3 nitrogen and oxygen atoms in total. The van der Waals surface area contributed by atoms with Crippen molar-refractivity contribution in [1.82, 2.24) is 0 Å². The summed E-state index contributed by atoms with van der Waals surface area (Å²) in [6, 6.07) is 4.54. The van der Waals surface area contributed by atoms with Gasteiger partial charge in [-0.1, -0.05) is 6.07 Å². The van der Waals surface area contributed by atoms with E-state index in [1.54, 1.807) is 12.1 Å². The topological polar surface area (TPSA) is 61.3 Å². The minimum absolute atomic E-state index is 0.356. The summed E-state index contributed by atoms with van der Waals surface area (Å²) in [7, 11) is 0. The van der Waals surface area contributed by atoms with Crippen molar-refractivity contribution >= 4 is 5.69 Å². The van der Waals surface area contributed by atoms with Crippen LogP contribution in [0.4, 0.5) is 10.1 Å². The van der Waals surface area contributed by atoms with E-state index in [4.69, 9.17) is 16.2 Å². The highest BCUT2D eigenvalue weighted by Gasteiger charge is 2.38. The molecule has 0 atom stereocenters. The number of anilines is 1. The van der Waals surface area contributed by atoms with E-state index >= 15 is 0 Å². The zero-order valence-corrected chi connectivity index (χ0v) is 7.09. The molecule has 1 aliphatic rings. The lowest BCUT2D eigenvalue weighted by atomic mass is 9.89. The average molecular weight is 182 g/mol. The monoisotopic (exact) mass is 182 g/mol. The standard InChI is InChI=1S/C9H11FN2O/c10-8-3-6(11)1-2-7(8)9(12)4-13-5-9/h1-3H,4-5,11-12H2. The summed E-state index contributed by atoms with van der Waals surface area (Å²) in [4.78, 5) is 0. The van der Waals surface area contributed by atoms with Gasteiger partial charge in [-0.15, -0.1) is 0 Å². The molecule has 2 rings (SSSR count). The molecule has 0 aliphatic carbocycles. The fourth-order valence-corrected chi connectivity index (χ4v) is 1.41. The van der Waals surface area contributed by atoms with Gasteiger partial charge in [0, 0.05) is 11.3 Å².